The van der Waals surface area contributed by atoms with Crippen molar-refractivity contribution in [3.8, 4) is 11.9 Å². The first-order valence-corrected chi connectivity index (χ1v) is 9.44. The van der Waals surface area contributed by atoms with E-state index in [4.69, 9.17) is 0 Å². The molecule has 2 aromatic heterocycles. The molecule has 1 N–H and O–H groups in total. The van der Waals surface area contributed by atoms with Crippen molar-refractivity contribution < 1.29 is 13.2 Å². The SMILES string of the molecule is C[C@H]1CCN1c1nc(-n2ccc(C3CCNCC3)n2)cc(C(F)(F)F)c1C#N. The van der Waals surface area contributed by atoms with Gasteiger partial charge in [0, 0.05) is 24.7 Å². The first kappa shape index (κ1) is 18.7. The molecule has 6 nitrogen and oxygen atoms in total. The zero-order chi connectivity index (χ0) is 19.9. The summed E-state index contributed by atoms with van der Waals surface area (Å²) >= 11 is 0. The highest BCUT2D eigenvalue weighted by Crippen LogP contribution is 2.38. The minimum absolute atomic E-state index is 0.0545. The van der Waals surface area contributed by atoms with E-state index in [1.165, 1.54) is 4.68 Å². The summed E-state index contributed by atoms with van der Waals surface area (Å²) in [6.07, 6.45) is -0.240. The molecule has 0 aromatic carbocycles. The first-order chi connectivity index (χ1) is 13.4. The van der Waals surface area contributed by atoms with Gasteiger partial charge in [0.1, 0.15) is 17.5 Å². The third kappa shape index (κ3) is 3.33. The highest BCUT2D eigenvalue weighted by Gasteiger charge is 2.39. The lowest BCUT2D eigenvalue weighted by Gasteiger charge is -2.40. The van der Waals surface area contributed by atoms with Crippen LogP contribution in [0, 0.1) is 11.3 Å². The number of hydrogen-bond donors (Lipinski definition) is 1. The summed E-state index contributed by atoms with van der Waals surface area (Å²) in [6.45, 7) is 4.31. The summed E-state index contributed by atoms with van der Waals surface area (Å²) in [5.74, 6) is 0.462. The molecule has 2 aromatic rings. The Morgan fingerprint density at radius 3 is 2.57 bits per heavy atom. The van der Waals surface area contributed by atoms with Gasteiger partial charge in [-0.25, -0.2) is 9.67 Å². The molecule has 4 rings (SSSR count). The Kier molecular flexibility index (Phi) is 4.75. The normalized spacial score (nSPS) is 20.7. The number of nitrogens with zero attached hydrogens (tertiary/aromatic N) is 5. The van der Waals surface area contributed by atoms with Gasteiger partial charge in [-0.15, -0.1) is 0 Å². The number of rotatable bonds is 3. The van der Waals surface area contributed by atoms with Crippen molar-refractivity contribution in [1.82, 2.24) is 20.1 Å². The summed E-state index contributed by atoms with van der Waals surface area (Å²) in [6, 6.07) is 4.53. The Balaban J connectivity index is 1.78. The fourth-order valence-corrected chi connectivity index (χ4v) is 3.81. The molecular formula is C19H21F3N6. The van der Waals surface area contributed by atoms with Gasteiger partial charge in [-0.3, -0.25) is 0 Å². The number of piperidine rings is 1. The Morgan fingerprint density at radius 2 is 2.00 bits per heavy atom. The molecule has 9 heteroatoms. The summed E-state index contributed by atoms with van der Waals surface area (Å²) in [7, 11) is 0. The first-order valence-electron chi connectivity index (χ1n) is 9.44. The third-order valence-electron chi connectivity index (χ3n) is 5.60. The molecule has 0 unspecified atom stereocenters. The van der Waals surface area contributed by atoms with E-state index in [-0.39, 0.29) is 23.6 Å². The highest BCUT2D eigenvalue weighted by atomic mass is 19.4. The van der Waals surface area contributed by atoms with E-state index >= 15 is 0 Å². The van der Waals surface area contributed by atoms with E-state index in [2.05, 4.69) is 15.4 Å². The number of pyridine rings is 1. The van der Waals surface area contributed by atoms with Gasteiger partial charge < -0.3 is 10.2 Å². The number of alkyl halides is 3. The van der Waals surface area contributed by atoms with E-state index < -0.39 is 17.3 Å². The minimum atomic E-state index is -4.64. The number of nitrogens with one attached hydrogen (secondary N) is 1. The predicted molar refractivity (Wildman–Crippen MR) is 97.3 cm³/mol. The van der Waals surface area contributed by atoms with Crippen LogP contribution >= 0.6 is 0 Å². The molecule has 0 aliphatic carbocycles. The van der Waals surface area contributed by atoms with Crippen molar-refractivity contribution in [3.63, 3.8) is 0 Å². The summed E-state index contributed by atoms with van der Waals surface area (Å²) < 4.78 is 42.4. The van der Waals surface area contributed by atoms with E-state index in [1.54, 1.807) is 17.2 Å². The van der Waals surface area contributed by atoms with Crippen LogP contribution in [0.2, 0.25) is 0 Å². The van der Waals surface area contributed by atoms with Gasteiger partial charge in [0.25, 0.3) is 0 Å². The summed E-state index contributed by atoms with van der Waals surface area (Å²) in [4.78, 5) is 6.15. The zero-order valence-corrected chi connectivity index (χ0v) is 15.5. The molecule has 1 atom stereocenters. The number of hydrogen-bond acceptors (Lipinski definition) is 5. The molecule has 0 radical (unpaired) electrons. The van der Waals surface area contributed by atoms with Crippen molar-refractivity contribution in [2.45, 2.75) is 44.3 Å². The van der Waals surface area contributed by atoms with Crippen LogP contribution in [-0.2, 0) is 6.18 Å². The average Bonchev–Trinajstić information content (AvgIpc) is 3.16. The standard InChI is InChI=1S/C19H21F3N6/c1-12-4-8-27(12)18-14(11-23)15(19(20,21)22)10-17(25-18)28-9-5-16(26-28)13-2-6-24-7-3-13/h5,9-10,12-13,24H,2-4,6-8H2,1H3/t12-/m0/s1. The van der Waals surface area contributed by atoms with Crippen LogP contribution in [0.25, 0.3) is 5.82 Å². The van der Waals surface area contributed by atoms with Crippen LogP contribution in [0.5, 0.6) is 0 Å². The Morgan fingerprint density at radius 1 is 1.25 bits per heavy atom. The Hall–Kier alpha value is -2.60. The van der Waals surface area contributed by atoms with Gasteiger partial charge in [-0.05, 0) is 51.4 Å². The van der Waals surface area contributed by atoms with Crippen LogP contribution < -0.4 is 10.2 Å². The van der Waals surface area contributed by atoms with E-state index in [0.29, 0.717) is 6.54 Å². The topological polar surface area (TPSA) is 69.8 Å². The number of halogens is 3. The molecule has 0 amide bonds. The molecule has 2 aliphatic rings. The molecule has 0 spiro atoms. The second kappa shape index (κ2) is 7.09. The molecular weight excluding hydrogens is 369 g/mol. The smallest absolute Gasteiger partial charge is 0.353 e. The van der Waals surface area contributed by atoms with Crippen molar-refractivity contribution in [1.29, 1.82) is 5.26 Å². The molecule has 4 heterocycles. The molecule has 28 heavy (non-hydrogen) atoms. The average molecular weight is 390 g/mol. The van der Waals surface area contributed by atoms with Gasteiger partial charge in [0.05, 0.1) is 11.3 Å². The number of anilines is 1. The van der Waals surface area contributed by atoms with Gasteiger partial charge in [-0.2, -0.15) is 23.5 Å². The fraction of sp³-hybridized carbons (Fsp3) is 0.526. The largest absolute Gasteiger partial charge is 0.417 e. The molecule has 2 aliphatic heterocycles. The second-order valence-electron chi connectivity index (χ2n) is 7.38. The van der Waals surface area contributed by atoms with Crippen molar-refractivity contribution in [2.24, 2.45) is 0 Å². The van der Waals surface area contributed by atoms with Gasteiger partial charge in [0.15, 0.2) is 5.82 Å². The van der Waals surface area contributed by atoms with E-state index in [1.807, 2.05) is 13.0 Å². The van der Waals surface area contributed by atoms with Crippen molar-refractivity contribution >= 4 is 5.82 Å². The van der Waals surface area contributed by atoms with Gasteiger partial charge in [-0.1, -0.05) is 0 Å². The fourth-order valence-electron chi connectivity index (χ4n) is 3.81. The van der Waals surface area contributed by atoms with E-state index in [9.17, 15) is 18.4 Å². The van der Waals surface area contributed by atoms with Crippen LogP contribution in [0.15, 0.2) is 18.3 Å². The van der Waals surface area contributed by atoms with Crippen LogP contribution in [0.3, 0.4) is 0 Å². The maximum atomic E-state index is 13.7. The molecule has 0 bridgehead atoms. The Labute approximate surface area is 161 Å². The van der Waals surface area contributed by atoms with Crippen molar-refractivity contribution in [2.75, 3.05) is 24.5 Å². The lowest BCUT2D eigenvalue weighted by Crippen LogP contribution is -2.47. The monoisotopic (exact) mass is 390 g/mol. The summed E-state index contributed by atoms with van der Waals surface area (Å²) in [5, 5.41) is 17.2. The quantitative estimate of drug-likeness (QED) is 0.872. The van der Waals surface area contributed by atoms with Crippen molar-refractivity contribution in [3.05, 3.63) is 35.2 Å². The maximum Gasteiger partial charge on any atom is 0.417 e. The Bertz CT molecular complexity index is 907. The lowest BCUT2D eigenvalue weighted by atomic mass is 9.95. The third-order valence-corrected chi connectivity index (χ3v) is 5.60. The lowest BCUT2D eigenvalue weighted by molar-refractivity contribution is -0.137. The second-order valence-corrected chi connectivity index (χ2v) is 7.38. The predicted octanol–water partition coefficient (Wildman–Crippen LogP) is 3.22. The maximum absolute atomic E-state index is 13.7. The molecule has 2 saturated heterocycles. The molecule has 0 saturated carbocycles. The number of nitriles is 1. The molecule has 148 valence electrons. The van der Waals surface area contributed by atoms with Gasteiger partial charge in [0.2, 0.25) is 0 Å². The van der Waals surface area contributed by atoms with Crippen LogP contribution in [0.4, 0.5) is 19.0 Å². The van der Waals surface area contributed by atoms with Crippen LogP contribution in [-0.4, -0.2) is 40.4 Å². The van der Waals surface area contributed by atoms with Gasteiger partial charge >= 0.3 is 6.18 Å². The minimum Gasteiger partial charge on any atom is -0.353 e. The van der Waals surface area contributed by atoms with E-state index in [0.717, 1.165) is 44.1 Å². The highest BCUT2D eigenvalue weighted by molar-refractivity contribution is 5.62. The zero-order valence-electron chi connectivity index (χ0n) is 15.5. The number of aromatic nitrogens is 3. The summed E-state index contributed by atoms with van der Waals surface area (Å²) in [5.41, 5.74) is -0.526. The van der Waals surface area contributed by atoms with Crippen LogP contribution in [0.1, 0.15) is 48.9 Å². The molecule has 2 fully saturated rings.